The molecule has 2 aromatic heterocycles. The predicted molar refractivity (Wildman–Crippen MR) is 155 cm³/mol. The van der Waals surface area contributed by atoms with Gasteiger partial charge in [0.25, 0.3) is 11.8 Å². The standard InChI is InChI=1S/C32H31ClN4O5/c1-31(2)30(40)37(15-20-10-9-19(33)14-35-20)22-11-6-17(13-23(22)41-31)24-25(28(34)38)21(12-16-4-5-16)36-27-26(24)29(39)42-32(27,3)18-7-8-18/h6,9-11,13-14,16,18H,4-5,7-8,12,15H2,1-3H3,(H2,34,38)/t32-/m0/s1. The maximum Gasteiger partial charge on any atom is 0.341 e. The molecular formula is C32H31ClN4O5. The Labute approximate surface area is 248 Å². The average Bonchev–Trinajstić information content (AvgIpc) is 3.86. The number of hydrogen-bond donors (Lipinski definition) is 1. The lowest BCUT2D eigenvalue weighted by Crippen LogP contribution is -2.52. The fourth-order valence-electron chi connectivity index (χ4n) is 6.24. The van der Waals surface area contributed by atoms with Crippen LogP contribution in [0.15, 0.2) is 36.5 Å². The van der Waals surface area contributed by atoms with Crippen LogP contribution in [-0.2, 0) is 28.1 Å². The van der Waals surface area contributed by atoms with Crippen molar-refractivity contribution in [3.63, 3.8) is 0 Å². The Morgan fingerprint density at radius 2 is 1.83 bits per heavy atom. The molecule has 3 aromatic rings. The first kappa shape index (κ1) is 26.9. The second-order valence-corrected chi connectivity index (χ2v) is 12.9. The van der Waals surface area contributed by atoms with E-state index in [0.29, 0.717) is 57.0 Å². The van der Waals surface area contributed by atoms with E-state index in [-0.39, 0.29) is 29.5 Å². The van der Waals surface area contributed by atoms with Gasteiger partial charge in [0.05, 0.1) is 45.5 Å². The molecule has 0 spiro atoms. The summed E-state index contributed by atoms with van der Waals surface area (Å²) in [6.45, 7) is 5.55. The zero-order valence-corrected chi connectivity index (χ0v) is 24.5. The van der Waals surface area contributed by atoms with Crippen molar-refractivity contribution in [2.24, 2.45) is 17.6 Å². The summed E-state index contributed by atoms with van der Waals surface area (Å²) in [6, 6.07) is 8.84. The number of ether oxygens (including phenoxy) is 2. The van der Waals surface area contributed by atoms with Gasteiger partial charge in [-0.15, -0.1) is 0 Å². The minimum atomic E-state index is -1.18. The van der Waals surface area contributed by atoms with E-state index in [0.717, 1.165) is 25.7 Å². The van der Waals surface area contributed by atoms with E-state index in [4.69, 9.17) is 31.8 Å². The number of amides is 2. The van der Waals surface area contributed by atoms with Gasteiger partial charge < -0.3 is 15.2 Å². The maximum atomic E-state index is 13.5. The Kier molecular flexibility index (Phi) is 5.93. The number of aromatic nitrogens is 2. The zero-order valence-electron chi connectivity index (χ0n) is 23.7. The van der Waals surface area contributed by atoms with Gasteiger partial charge in [-0.2, -0.15) is 0 Å². The third-order valence-corrected chi connectivity index (χ3v) is 9.03. The van der Waals surface area contributed by atoms with Crippen LogP contribution in [-0.4, -0.2) is 33.4 Å². The predicted octanol–water partition coefficient (Wildman–Crippen LogP) is 5.35. The minimum absolute atomic E-state index is 0.185. The number of cyclic esters (lactones) is 1. The van der Waals surface area contributed by atoms with Gasteiger partial charge in [0.1, 0.15) is 5.75 Å². The first-order valence-electron chi connectivity index (χ1n) is 14.3. The Balaban J connectivity index is 1.40. The number of hydrogen-bond acceptors (Lipinski definition) is 7. The van der Waals surface area contributed by atoms with Gasteiger partial charge in [-0.3, -0.25) is 24.5 Å². The largest absolute Gasteiger partial charge is 0.476 e. The molecule has 7 rings (SSSR count). The molecule has 42 heavy (non-hydrogen) atoms. The summed E-state index contributed by atoms with van der Waals surface area (Å²) < 4.78 is 12.3. The lowest BCUT2D eigenvalue weighted by Gasteiger charge is -2.39. The number of benzene rings is 1. The fraction of sp³-hybridized carbons (Fsp3) is 0.406. The number of carbonyl (C=O) groups excluding carboxylic acids is 3. The van der Waals surface area contributed by atoms with E-state index >= 15 is 0 Å². The molecule has 0 radical (unpaired) electrons. The van der Waals surface area contributed by atoms with Crippen LogP contribution in [0.1, 0.15) is 84.3 Å². The molecule has 2 fully saturated rings. The normalized spacial score (nSPS) is 22.3. The summed E-state index contributed by atoms with van der Waals surface area (Å²) in [4.78, 5) is 51.0. The van der Waals surface area contributed by atoms with Crippen molar-refractivity contribution in [3.05, 3.63) is 69.8 Å². The molecule has 2 aliphatic carbocycles. The molecule has 0 unspecified atom stereocenters. The van der Waals surface area contributed by atoms with E-state index in [1.807, 2.05) is 6.92 Å². The van der Waals surface area contributed by atoms with Crippen LogP contribution >= 0.6 is 11.6 Å². The first-order valence-corrected chi connectivity index (χ1v) is 14.7. The van der Waals surface area contributed by atoms with E-state index < -0.39 is 23.1 Å². The van der Waals surface area contributed by atoms with Gasteiger partial charge in [0.15, 0.2) is 11.2 Å². The monoisotopic (exact) mass is 586 g/mol. The number of anilines is 1. The van der Waals surface area contributed by atoms with Crippen LogP contribution in [0.3, 0.4) is 0 Å². The Hall–Kier alpha value is -3.98. The van der Waals surface area contributed by atoms with E-state index in [1.165, 1.54) is 0 Å². The maximum absolute atomic E-state index is 13.5. The second kappa shape index (κ2) is 9.26. The van der Waals surface area contributed by atoms with Gasteiger partial charge in [-0.05, 0) is 88.6 Å². The molecule has 2 saturated carbocycles. The summed E-state index contributed by atoms with van der Waals surface area (Å²) in [5.74, 6) is -0.324. The van der Waals surface area contributed by atoms with E-state index in [1.54, 1.807) is 55.3 Å². The molecule has 2 aliphatic heterocycles. The molecule has 10 heteroatoms. The number of esters is 1. The van der Waals surface area contributed by atoms with Crippen LogP contribution < -0.4 is 15.4 Å². The minimum Gasteiger partial charge on any atom is -0.476 e. The molecule has 2 amide bonds. The number of rotatable bonds is 7. The number of primary amides is 1. The van der Waals surface area contributed by atoms with Crippen LogP contribution in [0.4, 0.5) is 5.69 Å². The van der Waals surface area contributed by atoms with Crippen LogP contribution in [0.25, 0.3) is 11.1 Å². The first-order chi connectivity index (χ1) is 20.0. The Morgan fingerprint density at radius 1 is 1.07 bits per heavy atom. The van der Waals surface area contributed by atoms with Crippen molar-refractivity contribution >= 4 is 35.1 Å². The highest BCUT2D eigenvalue weighted by Gasteiger charge is 2.55. The Bertz CT molecular complexity index is 1680. The van der Waals surface area contributed by atoms with E-state index in [9.17, 15) is 14.4 Å². The summed E-state index contributed by atoms with van der Waals surface area (Å²) in [7, 11) is 0. The van der Waals surface area contributed by atoms with Crippen LogP contribution in [0.2, 0.25) is 5.02 Å². The van der Waals surface area contributed by atoms with Gasteiger partial charge in [-0.25, -0.2) is 4.79 Å². The third-order valence-electron chi connectivity index (χ3n) is 8.81. The number of nitrogens with two attached hydrogens (primary N) is 1. The number of halogens is 1. The number of nitrogens with zero attached hydrogens (tertiary/aromatic N) is 3. The molecular weight excluding hydrogens is 556 g/mol. The average molecular weight is 587 g/mol. The molecule has 9 nitrogen and oxygen atoms in total. The van der Waals surface area contributed by atoms with Crippen LogP contribution in [0.5, 0.6) is 5.75 Å². The van der Waals surface area contributed by atoms with Crippen molar-refractivity contribution in [3.8, 4) is 16.9 Å². The van der Waals surface area contributed by atoms with Gasteiger partial charge >= 0.3 is 5.97 Å². The molecule has 2 N–H and O–H groups in total. The van der Waals surface area contributed by atoms with Gasteiger partial charge in [0.2, 0.25) is 0 Å². The molecule has 1 atom stereocenters. The summed E-state index contributed by atoms with van der Waals surface area (Å²) >= 11 is 6.02. The van der Waals surface area contributed by atoms with Crippen LogP contribution in [0, 0.1) is 11.8 Å². The molecule has 0 bridgehead atoms. The quantitative estimate of drug-likeness (QED) is 0.370. The second-order valence-electron chi connectivity index (χ2n) is 12.5. The summed E-state index contributed by atoms with van der Waals surface area (Å²) in [5.41, 5.74) is 7.91. The smallest absolute Gasteiger partial charge is 0.341 e. The molecule has 1 aromatic carbocycles. The number of fused-ring (bicyclic) bond motifs is 2. The molecule has 216 valence electrons. The molecule has 0 saturated heterocycles. The van der Waals surface area contributed by atoms with E-state index in [2.05, 4.69) is 4.98 Å². The Morgan fingerprint density at radius 3 is 2.48 bits per heavy atom. The lowest BCUT2D eigenvalue weighted by molar-refractivity contribution is -0.132. The van der Waals surface area contributed by atoms with Gasteiger partial charge in [0, 0.05) is 17.7 Å². The van der Waals surface area contributed by atoms with Gasteiger partial charge in [-0.1, -0.05) is 17.7 Å². The van der Waals surface area contributed by atoms with Crippen molar-refractivity contribution in [1.29, 1.82) is 0 Å². The molecule has 4 heterocycles. The van der Waals surface area contributed by atoms with Crippen molar-refractivity contribution < 1.29 is 23.9 Å². The topological polar surface area (TPSA) is 125 Å². The number of pyridine rings is 2. The highest BCUT2D eigenvalue weighted by molar-refractivity contribution is 6.30. The highest BCUT2D eigenvalue weighted by Crippen LogP contribution is 2.54. The highest BCUT2D eigenvalue weighted by atomic mass is 35.5. The van der Waals surface area contributed by atoms with Crippen molar-refractivity contribution in [1.82, 2.24) is 9.97 Å². The summed E-state index contributed by atoms with van der Waals surface area (Å²) in [6.07, 6.45) is 6.18. The summed E-state index contributed by atoms with van der Waals surface area (Å²) in [5, 5.41) is 0.505. The number of carbonyl (C=O) groups is 3. The fourth-order valence-corrected chi connectivity index (χ4v) is 6.35. The van der Waals surface area contributed by atoms with Crippen molar-refractivity contribution in [2.45, 2.75) is 70.6 Å². The third kappa shape index (κ3) is 4.33. The lowest BCUT2D eigenvalue weighted by atomic mass is 9.86. The molecule has 4 aliphatic rings. The SMILES string of the molecule is CC1(C)Oc2cc(-c3c(C(N)=O)c(CC4CC4)nc4c3C(=O)O[C@@]4(C)C3CC3)ccc2N(Cc2ccc(Cl)cn2)C1=O. The zero-order chi connectivity index (χ0) is 29.6. The van der Waals surface area contributed by atoms with Crippen molar-refractivity contribution in [2.75, 3.05) is 4.90 Å².